The summed E-state index contributed by atoms with van der Waals surface area (Å²) < 4.78 is 0. The molecular weight excluding hydrogens is 450 g/mol. The van der Waals surface area contributed by atoms with Gasteiger partial charge in [-0.3, -0.25) is 9.59 Å². The van der Waals surface area contributed by atoms with Gasteiger partial charge in [-0.2, -0.15) is 0 Å². The Morgan fingerprint density at radius 1 is 1.18 bits per heavy atom. The second-order valence-electron chi connectivity index (χ2n) is 10.3. The minimum atomic E-state index is -0.637. The quantitative estimate of drug-likeness (QED) is 0.451. The van der Waals surface area contributed by atoms with E-state index in [-0.39, 0.29) is 42.1 Å². The molecule has 2 aromatic rings. The Labute approximate surface area is 205 Å². The van der Waals surface area contributed by atoms with Crippen molar-refractivity contribution in [2.75, 3.05) is 19.7 Å². The van der Waals surface area contributed by atoms with Crippen LogP contribution in [0.5, 0.6) is 0 Å². The normalized spacial score (nSPS) is 30.2. The molecule has 2 amide bonds. The number of aliphatic hydroxyl groups is 2. The van der Waals surface area contributed by atoms with Crippen molar-refractivity contribution in [1.29, 1.82) is 0 Å². The van der Waals surface area contributed by atoms with E-state index < -0.39 is 11.5 Å². The van der Waals surface area contributed by atoms with Crippen molar-refractivity contribution in [3.8, 4) is 10.6 Å². The number of carbonyl (C=O) groups excluding carboxylic acids is 2. The van der Waals surface area contributed by atoms with Gasteiger partial charge >= 0.3 is 0 Å². The molecule has 2 aliphatic rings. The third-order valence-corrected chi connectivity index (χ3v) is 9.27. The number of aliphatic hydroxyl groups excluding tert-OH is 2. The van der Waals surface area contributed by atoms with E-state index in [1.54, 1.807) is 11.3 Å². The molecule has 34 heavy (non-hydrogen) atoms. The lowest BCUT2D eigenvalue weighted by Crippen LogP contribution is -2.57. The second kappa shape index (κ2) is 9.76. The molecule has 1 aromatic heterocycles. The molecule has 0 bridgehead atoms. The number of amides is 2. The van der Waals surface area contributed by atoms with Gasteiger partial charge in [0.15, 0.2) is 0 Å². The van der Waals surface area contributed by atoms with Gasteiger partial charge in [0.25, 0.3) is 0 Å². The van der Waals surface area contributed by atoms with Gasteiger partial charge in [0.1, 0.15) is 5.01 Å². The Balaban J connectivity index is 1.68. The molecule has 2 aliphatic carbocycles. The lowest BCUT2D eigenvalue weighted by Gasteiger charge is -2.58. The van der Waals surface area contributed by atoms with Gasteiger partial charge in [0, 0.05) is 48.2 Å². The average Bonchev–Trinajstić information content (AvgIpc) is 3.25. The van der Waals surface area contributed by atoms with E-state index >= 15 is 0 Å². The maximum Gasteiger partial charge on any atom is 0.220 e. The summed E-state index contributed by atoms with van der Waals surface area (Å²) in [5.74, 6) is -0.285. The van der Waals surface area contributed by atoms with Crippen LogP contribution in [0.3, 0.4) is 0 Å². The summed E-state index contributed by atoms with van der Waals surface area (Å²) in [5, 5.41) is 27.8. The van der Waals surface area contributed by atoms with Crippen molar-refractivity contribution >= 4 is 23.2 Å². The van der Waals surface area contributed by atoms with Crippen LogP contribution in [-0.2, 0) is 16.0 Å². The molecule has 5 atom stereocenters. The molecule has 0 saturated heterocycles. The molecule has 1 aromatic carbocycles. The van der Waals surface area contributed by atoms with Crippen LogP contribution < -0.4 is 10.6 Å². The summed E-state index contributed by atoms with van der Waals surface area (Å²) in [6, 6.07) is 10.1. The predicted molar refractivity (Wildman–Crippen MR) is 132 cm³/mol. The Hall–Kier alpha value is -2.29. The van der Waals surface area contributed by atoms with Gasteiger partial charge in [-0.25, -0.2) is 4.98 Å². The zero-order valence-corrected chi connectivity index (χ0v) is 21.0. The molecule has 184 valence electrons. The third-order valence-electron chi connectivity index (χ3n) is 8.13. The predicted octanol–water partition coefficient (Wildman–Crippen LogP) is 2.87. The Morgan fingerprint density at radius 3 is 2.56 bits per heavy atom. The highest BCUT2D eigenvalue weighted by Gasteiger charge is 2.59. The molecule has 8 heteroatoms. The maximum absolute atomic E-state index is 13.0. The molecular formula is C26H35N3O4S. The van der Waals surface area contributed by atoms with E-state index in [4.69, 9.17) is 4.98 Å². The Morgan fingerprint density at radius 2 is 1.88 bits per heavy atom. The maximum atomic E-state index is 13.0. The standard InChI is InChI=1S/C26H35N3O4S/c1-16(31)27-11-12-28-22(33)13-18-23-19(34-24(29-23)17-7-5-4-6-8-17)14-20-25(18,2)10-9-21(32)26(20,3)15-30/h4-8,18,20-21,30,32H,9-15H2,1-3H3,(H,27,31)(H,28,33). The van der Waals surface area contributed by atoms with Gasteiger partial charge < -0.3 is 20.8 Å². The first-order valence-corrected chi connectivity index (χ1v) is 12.9. The number of aromatic nitrogens is 1. The molecule has 4 rings (SSSR count). The third kappa shape index (κ3) is 4.51. The topological polar surface area (TPSA) is 112 Å². The molecule has 7 nitrogen and oxygen atoms in total. The van der Waals surface area contributed by atoms with Crippen LogP contribution in [0, 0.1) is 16.7 Å². The minimum absolute atomic E-state index is 0.0301. The zero-order chi connectivity index (χ0) is 24.5. The van der Waals surface area contributed by atoms with E-state index in [2.05, 4.69) is 17.6 Å². The van der Waals surface area contributed by atoms with E-state index in [9.17, 15) is 19.8 Å². The first-order valence-electron chi connectivity index (χ1n) is 12.0. The van der Waals surface area contributed by atoms with E-state index in [1.165, 1.54) is 6.92 Å². The summed E-state index contributed by atoms with van der Waals surface area (Å²) >= 11 is 1.66. The van der Waals surface area contributed by atoms with Crippen molar-refractivity contribution in [3.63, 3.8) is 0 Å². The van der Waals surface area contributed by atoms with Crippen molar-refractivity contribution in [2.24, 2.45) is 16.7 Å². The molecule has 5 unspecified atom stereocenters. The van der Waals surface area contributed by atoms with Crippen LogP contribution in [0.4, 0.5) is 0 Å². The number of rotatable bonds is 7. The Bertz CT molecular complexity index is 1040. The van der Waals surface area contributed by atoms with Crippen LogP contribution in [-0.4, -0.2) is 52.8 Å². The monoisotopic (exact) mass is 485 g/mol. The summed E-state index contributed by atoms with van der Waals surface area (Å²) in [6.07, 6.45) is 1.82. The molecule has 4 N–H and O–H groups in total. The van der Waals surface area contributed by atoms with E-state index in [0.29, 0.717) is 19.5 Å². The fourth-order valence-electron chi connectivity index (χ4n) is 6.05. The number of hydrogen-bond acceptors (Lipinski definition) is 6. The van der Waals surface area contributed by atoms with Crippen molar-refractivity contribution < 1.29 is 19.8 Å². The van der Waals surface area contributed by atoms with Gasteiger partial charge in [-0.05, 0) is 30.6 Å². The number of thiazole rings is 1. The van der Waals surface area contributed by atoms with Crippen LogP contribution in [0.2, 0.25) is 0 Å². The van der Waals surface area contributed by atoms with E-state index in [0.717, 1.165) is 34.0 Å². The van der Waals surface area contributed by atoms with E-state index in [1.807, 2.05) is 37.3 Å². The fourth-order valence-corrected chi connectivity index (χ4v) is 7.22. The minimum Gasteiger partial charge on any atom is -0.396 e. The lowest BCUT2D eigenvalue weighted by atomic mass is 9.47. The first kappa shape index (κ1) is 24.8. The highest BCUT2D eigenvalue weighted by atomic mass is 32.1. The summed E-state index contributed by atoms with van der Waals surface area (Å²) in [5.41, 5.74) is 1.12. The first-order chi connectivity index (χ1) is 16.2. The second-order valence-corrected chi connectivity index (χ2v) is 11.3. The number of hydrogen-bond donors (Lipinski definition) is 4. The smallest absolute Gasteiger partial charge is 0.220 e. The van der Waals surface area contributed by atoms with Gasteiger partial charge in [0.05, 0.1) is 18.4 Å². The lowest BCUT2D eigenvalue weighted by molar-refractivity contribution is -0.144. The number of carbonyl (C=O) groups is 2. The van der Waals surface area contributed by atoms with Crippen LogP contribution in [0.25, 0.3) is 10.6 Å². The van der Waals surface area contributed by atoms with Crippen molar-refractivity contribution in [2.45, 2.75) is 58.5 Å². The molecule has 1 fully saturated rings. The van der Waals surface area contributed by atoms with Gasteiger partial charge in [-0.15, -0.1) is 11.3 Å². The molecule has 1 heterocycles. The SMILES string of the molecule is CC(=O)NCCNC(=O)CC1c2nc(-c3ccccc3)sc2CC2C(C)(CO)C(O)CCC12C. The number of nitrogens with one attached hydrogen (secondary N) is 2. The van der Waals surface area contributed by atoms with Gasteiger partial charge in [-0.1, -0.05) is 44.2 Å². The fraction of sp³-hybridized carbons (Fsp3) is 0.577. The highest BCUT2D eigenvalue weighted by molar-refractivity contribution is 7.15. The highest BCUT2D eigenvalue weighted by Crippen LogP contribution is 2.62. The summed E-state index contributed by atoms with van der Waals surface area (Å²) in [6.45, 7) is 6.31. The van der Waals surface area contributed by atoms with Crippen LogP contribution >= 0.6 is 11.3 Å². The molecule has 0 radical (unpaired) electrons. The Kier molecular flexibility index (Phi) is 7.12. The number of fused-ring (bicyclic) bond motifs is 2. The van der Waals surface area contributed by atoms with Gasteiger partial charge in [0.2, 0.25) is 11.8 Å². The molecule has 0 spiro atoms. The number of nitrogens with zero attached hydrogens (tertiary/aromatic N) is 1. The average molecular weight is 486 g/mol. The number of benzene rings is 1. The molecule has 0 aliphatic heterocycles. The van der Waals surface area contributed by atoms with Crippen LogP contribution in [0.15, 0.2) is 30.3 Å². The molecule has 1 saturated carbocycles. The largest absolute Gasteiger partial charge is 0.396 e. The summed E-state index contributed by atoms with van der Waals surface area (Å²) in [7, 11) is 0. The van der Waals surface area contributed by atoms with Crippen LogP contribution in [0.1, 0.15) is 56.5 Å². The van der Waals surface area contributed by atoms with Crippen molar-refractivity contribution in [1.82, 2.24) is 15.6 Å². The summed E-state index contributed by atoms with van der Waals surface area (Å²) in [4.78, 5) is 30.3. The van der Waals surface area contributed by atoms with Crippen molar-refractivity contribution in [3.05, 3.63) is 40.9 Å². The zero-order valence-electron chi connectivity index (χ0n) is 20.1.